The standard InChI is InChI=1S/C17H13FN2O/c18-15-6-3-7-16(14(15)10-19)20-17(21)13-8-11-4-1-2-5-12(11)9-13/h1-7,13H,8-9H2,(H,20,21). The third kappa shape index (κ3) is 2.50. The molecule has 0 heterocycles. The van der Waals surface area contributed by atoms with Crippen molar-refractivity contribution in [2.24, 2.45) is 5.92 Å². The largest absolute Gasteiger partial charge is 0.325 e. The number of anilines is 1. The summed E-state index contributed by atoms with van der Waals surface area (Å²) < 4.78 is 13.5. The zero-order valence-electron chi connectivity index (χ0n) is 11.3. The third-order valence-electron chi connectivity index (χ3n) is 3.81. The molecule has 0 saturated heterocycles. The van der Waals surface area contributed by atoms with Crippen LogP contribution in [0.5, 0.6) is 0 Å². The van der Waals surface area contributed by atoms with Gasteiger partial charge in [-0.1, -0.05) is 30.3 Å². The van der Waals surface area contributed by atoms with Crippen molar-refractivity contribution in [3.05, 3.63) is 65.0 Å². The lowest BCUT2D eigenvalue weighted by Gasteiger charge is -2.11. The summed E-state index contributed by atoms with van der Waals surface area (Å²) in [6, 6.07) is 14.0. The predicted molar refractivity (Wildman–Crippen MR) is 77.1 cm³/mol. The Morgan fingerprint density at radius 2 is 1.81 bits per heavy atom. The number of carbonyl (C=O) groups is 1. The zero-order chi connectivity index (χ0) is 14.8. The molecule has 0 saturated carbocycles. The van der Waals surface area contributed by atoms with Crippen molar-refractivity contribution >= 4 is 11.6 Å². The van der Waals surface area contributed by atoms with E-state index in [0.29, 0.717) is 12.8 Å². The molecule has 0 atom stereocenters. The lowest BCUT2D eigenvalue weighted by atomic mass is 10.0. The molecule has 4 heteroatoms. The molecule has 0 radical (unpaired) electrons. The van der Waals surface area contributed by atoms with Gasteiger partial charge in [-0.05, 0) is 36.1 Å². The highest BCUT2D eigenvalue weighted by atomic mass is 19.1. The first-order valence-electron chi connectivity index (χ1n) is 6.75. The molecule has 3 rings (SSSR count). The number of nitriles is 1. The van der Waals surface area contributed by atoms with Crippen LogP contribution in [0.2, 0.25) is 0 Å². The Hall–Kier alpha value is -2.67. The minimum Gasteiger partial charge on any atom is -0.325 e. The molecule has 3 nitrogen and oxygen atoms in total. The zero-order valence-corrected chi connectivity index (χ0v) is 11.3. The van der Waals surface area contributed by atoms with Crippen LogP contribution in [0, 0.1) is 23.1 Å². The fourth-order valence-corrected chi connectivity index (χ4v) is 2.72. The van der Waals surface area contributed by atoms with E-state index >= 15 is 0 Å². The van der Waals surface area contributed by atoms with E-state index in [0.717, 1.165) is 0 Å². The molecule has 1 N–H and O–H groups in total. The predicted octanol–water partition coefficient (Wildman–Crippen LogP) is 3.05. The smallest absolute Gasteiger partial charge is 0.228 e. The van der Waals surface area contributed by atoms with Crippen molar-refractivity contribution < 1.29 is 9.18 Å². The van der Waals surface area contributed by atoms with E-state index in [-0.39, 0.29) is 23.1 Å². The van der Waals surface area contributed by atoms with E-state index in [1.165, 1.54) is 23.3 Å². The summed E-state index contributed by atoms with van der Waals surface area (Å²) in [6.45, 7) is 0. The molecule has 0 unspecified atom stereocenters. The maximum atomic E-state index is 13.5. The molecule has 0 bridgehead atoms. The molecule has 0 fully saturated rings. The number of halogens is 1. The maximum Gasteiger partial charge on any atom is 0.228 e. The molecule has 0 aliphatic heterocycles. The Balaban J connectivity index is 1.78. The van der Waals surface area contributed by atoms with Crippen LogP contribution in [-0.4, -0.2) is 5.91 Å². The molecule has 1 aliphatic rings. The monoisotopic (exact) mass is 280 g/mol. The second-order valence-corrected chi connectivity index (χ2v) is 5.14. The van der Waals surface area contributed by atoms with Crippen molar-refractivity contribution in [3.63, 3.8) is 0 Å². The number of amides is 1. The molecule has 0 aromatic heterocycles. The average Bonchev–Trinajstić information content (AvgIpc) is 2.91. The van der Waals surface area contributed by atoms with Gasteiger partial charge in [-0.25, -0.2) is 4.39 Å². The van der Waals surface area contributed by atoms with Gasteiger partial charge in [0.2, 0.25) is 5.91 Å². The number of nitrogens with one attached hydrogen (secondary N) is 1. The second kappa shape index (κ2) is 5.37. The van der Waals surface area contributed by atoms with E-state index in [1.807, 2.05) is 24.3 Å². The fourth-order valence-electron chi connectivity index (χ4n) is 2.72. The summed E-state index contributed by atoms with van der Waals surface area (Å²) in [5.74, 6) is -0.962. The van der Waals surface area contributed by atoms with Crippen molar-refractivity contribution in [2.45, 2.75) is 12.8 Å². The number of rotatable bonds is 2. The molecule has 0 spiro atoms. The van der Waals surface area contributed by atoms with Crippen LogP contribution in [0.1, 0.15) is 16.7 Å². The summed E-state index contributed by atoms with van der Waals surface area (Å²) in [4.78, 5) is 12.3. The van der Waals surface area contributed by atoms with Crippen molar-refractivity contribution in [3.8, 4) is 6.07 Å². The van der Waals surface area contributed by atoms with Crippen LogP contribution >= 0.6 is 0 Å². The average molecular weight is 280 g/mol. The molecule has 2 aromatic rings. The molecule has 21 heavy (non-hydrogen) atoms. The number of hydrogen-bond donors (Lipinski definition) is 1. The molecule has 1 amide bonds. The lowest BCUT2D eigenvalue weighted by Crippen LogP contribution is -2.23. The fraction of sp³-hybridized carbons (Fsp3) is 0.176. The first-order chi connectivity index (χ1) is 10.2. The SMILES string of the molecule is N#Cc1c(F)cccc1NC(=O)C1Cc2ccccc2C1. The first-order valence-corrected chi connectivity index (χ1v) is 6.75. The number of carbonyl (C=O) groups excluding carboxylic acids is 1. The van der Waals surface area contributed by atoms with Gasteiger partial charge in [-0.15, -0.1) is 0 Å². The number of benzene rings is 2. The Kier molecular flexibility index (Phi) is 3.41. The van der Waals surface area contributed by atoms with E-state index in [2.05, 4.69) is 5.32 Å². The van der Waals surface area contributed by atoms with E-state index in [1.54, 1.807) is 12.1 Å². The molecule has 2 aromatic carbocycles. The topological polar surface area (TPSA) is 52.9 Å². The Morgan fingerprint density at radius 1 is 1.14 bits per heavy atom. The minimum absolute atomic E-state index is 0.124. The maximum absolute atomic E-state index is 13.5. The molecule has 1 aliphatic carbocycles. The molecular weight excluding hydrogens is 267 g/mol. The minimum atomic E-state index is -0.620. The van der Waals surface area contributed by atoms with Gasteiger partial charge < -0.3 is 5.32 Å². The second-order valence-electron chi connectivity index (χ2n) is 5.14. The van der Waals surface area contributed by atoms with Gasteiger partial charge in [-0.3, -0.25) is 4.79 Å². The molecular formula is C17H13FN2O. The summed E-state index contributed by atoms with van der Waals surface area (Å²) in [6.07, 6.45) is 1.36. The van der Waals surface area contributed by atoms with Crippen LogP contribution in [0.4, 0.5) is 10.1 Å². The number of nitrogens with zero attached hydrogens (tertiary/aromatic N) is 1. The van der Waals surface area contributed by atoms with Gasteiger partial charge in [0.15, 0.2) is 0 Å². The highest BCUT2D eigenvalue weighted by Gasteiger charge is 2.27. The third-order valence-corrected chi connectivity index (χ3v) is 3.81. The van der Waals surface area contributed by atoms with Gasteiger partial charge in [0.05, 0.1) is 5.69 Å². The van der Waals surface area contributed by atoms with Crippen molar-refractivity contribution in [2.75, 3.05) is 5.32 Å². The number of hydrogen-bond acceptors (Lipinski definition) is 2. The molecule has 104 valence electrons. The Bertz CT molecular complexity index is 724. The van der Waals surface area contributed by atoms with Crippen LogP contribution in [0.25, 0.3) is 0 Å². The van der Waals surface area contributed by atoms with E-state index in [4.69, 9.17) is 5.26 Å². The van der Waals surface area contributed by atoms with Gasteiger partial charge in [0, 0.05) is 5.92 Å². The van der Waals surface area contributed by atoms with Gasteiger partial charge in [0.25, 0.3) is 0 Å². The Labute approximate surface area is 122 Å². The van der Waals surface area contributed by atoms with Crippen LogP contribution in [0.3, 0.4) is 0 Å². The first kappa shape index (κ1) is 13.3. The lowest BCUT2D eigenvalue weighted by molar-refractivity contribution is -0.119. The highest BCUT2D eigenvalue weighted by Crippen LogP contribution is 2.28. The van der Waals surface area contributed by atoms with E-state index in [9.17, 15) is 9.18 Å². The number of fused-ring (bicyclic) bond motifs is 1. The normalized spacial score (nSPS) is 13.5. The highest BCUT2D eigenvalue weighted by molar-refractivity contribution is 5.94. The van der Waals surface area contributed by atoms with Crippen molar-refractivity contribution in [1.29, 1.82) is 5.26 Å². The van der Waals surface area contributed by atoms with Gasteiger partial charge in [0.1, 0.15) is 17.4 Å². The van der Waals surface area contributed by atoms with Crippen LogP contribution < -0.4 is 5.32 Å². The summed E-state index contributed by atoms with van der Waals surface area (Å²) >= 11 is 0. The summed E-state index contributed by atoms with van der Waals surface area (Å²) in [7, 11) is 0. The van der Waals surface area contributed by atoms with Crippen molar-refractivity contribution in [1.82, 2.24) is 0 Å². The Morgan fingerprint density at radius 3 is 2.43 bits per heavy atom. The summed E-state index contributed by atoms with van der Waals surface area (Å²) in [5.41, 5.74) is 2.47. The summed E-state index contributed by atoms with van der Waals surface area (Å²) in [5, 5.41) is 11.7. The van der Waals surface area contributed by atoms with Crippen LogP contribution in [-0.2, 0) is 17.6 Å². The van der Waals surface area contributed by atoms with Crippen LogP contribution in [0.15, 0.2) is 42.5 Å². The van der Waals surface area contributed by atoms with Gasteiger partial charge >= 0.3 is 0 Å². The van der Waals surface area contributed by atoms with E-state index < -0.39 is 5.82 Å². The quantitative estimate of drug-likeness (QED) is 0.919. The van der Waals surface area contributed by atoms with Gasteiger partial charge in [-0.2, -0.15) is 5.26 Å².